The van der Waals surface area contributed by atoms with Gasteiger partial charge in [0.05, 0.1) is 9.40 Å². The fraction of sp³-hybridized carbons (Fsp3) is 0.462. The van der Waals surface area contributed by atoms with E-state index in [0.29, 0.717) is 4.47 Å². The lowest BCUT2D eigenvalue weighted by atomic mass is 9.88. The lowest BCUT2D eigenvalue weighted by molar-refractivity contribution is -0.385. The van der Waals surface area contributed by atoms with E-state index < -0.39 is 4.92 Å². The zero-order valence-electron chi connectivity index (χ0n) is 11.4. The predicted octanol–water partition coefficient (Wildman–Crippen LogP) is 3.52. The van der Waals surface area contributed by atoms with Crippen LogP contribution in [0.25, 0.3) is 0 Å². The Morgan fingerprint density at radius 1 is 1.42 bits per heavy atom. The molecule has 1 aromatic rings. The van der Waals surface area contributed by atoms with E-state index in [-0.39, 0.29) is 28.6 Å². The van der Waals surface area contributed by atoms with Gasteiger partial charge in [-0.3, -0.25) is 14.9 Å². The molecule has 0 fully saturated rings. The highest BCUT2D eigenvalue weighted by Crippen LogP contribution is 2.26. The zero-order valence-corrected chi connectivity index (χ0v) is 12.9. The van der Waals surface area contributed by atoms with Gasteiger partial charge in [0.1, 0.15) is 0 Å². The molecule has 0 heterocycles. The molecule has 0 spiro atoms. The molecule has 0 aromatic heterocycles. The summed E-state index contributed by atoms with van der Waals surface area (Å²) in [6, 6.07) is 4.30. The first-order valence-electron chi connectivity index (χ1n) is 5.87. The quantitative estimate of drug-likeness (QED) is 0.681. The third-order valence-electron chi connectivity index (χ3n) is 3.05. The molecule has 1 aromatic carbocycles. The SMILES string of the molecule is CC(NC(=O)c1ccc(Br)c([N+](=O)[O-])c1)C(C)(C)C. The van der Waals surface area contributed by atoms with Gasteiger partial charge < -0.3 is 5.32 Å². The van der Waals surface area contributed by atoms with Crippen LogP contribution in [-0.4, -0.2) is 16.9 Å². The highest BCUT2D eigenvalue weighted by molar-refractivity contribution is 9.10. The molecule has 19 heavy (non-hydrogen) atoms. The molecule has 0 aliphatic heterocycles. The minimum atomic E-state index is -0.520. The first-order chi connectivity index (χ1) is 8.62. The van der Waals surface area contributed by atoms with E-state index >= 15 is 0 Å². The van der Waals surface area contributed by atoms with Gasteiger partial charge in [0, 0.05) is 17.7 Å². The number of amides is 1. The standard InChI is InChI=1S/C13H17BrN2O3/c1-8(13(2,3)4)15-12(17)9-5-6-10(14)11(7-9)16(18)19/h5-8H,1-4H3,(H,15,17). The van der Waals surface area contributed by atoms with Gasteiger partial charge in [-0.1, -0.05) is 20.8 Å². The Kier molecular flexibility index (Phi) is 4.68. The van der Waals surface area contributed by atoms with E-state index in [1.165, 1.54) is 12.1 Å². The lowest BCUT2D eigenvalue weighted by Crippen LogP contribution is -2.41. The molecule has 1 unspecified atom stereocenters. The van der Waals surface area contributed by atoms with Crippen LogP contribution in [0, 0.1) is 15.5 Å². The van der Waals surface area contributed by atoms with Crippen molar-refractivity contribution in [3.63, 3.8) is 0 Å². The van der Waals surface area contributed by atoms with Crippen molar-refractivity contribution in [1.29, 1.82) is 0 Å². The maximum Gasteiger partial charge on any atom is 0.284 e. The fourth-order valence-corrected chi connectivity index (χ4v) is 1.68. The Bertz CT molecular complexity index is 509. The minimum Gasteiger partial charge on any atom is -0.349 e. The van der Waals surface area contributed by atoms with E-state index in [9.17, 15) is 14.9 Å². The summed E-state index contributed by atoms with van der Waals surface area (Å²) in [7, 11) is 0. The highest BCUT2D eigenvalue weighted by atomic mass is 79.9. The molecule has 6 heteroatoms. The summed E-state index contributed by atoms with van der Waals surface area (Å²) < 4.78 is 0.359. The van der Waals surface area contributed by atoms with Crippen LogP contribution in [0.4, 0.5) is 5.69 Å². The summed E-state index contributed by atoms with van der Waals surface area (Å²) in [5.41, 5.74) is 0.0961. The van der Waals surface area contributed by atoms with Crippen LogP contribution in [0.15, 0.2) is 22.7 Å². The van der Waals surface area contributed by atoms with Crippen LogP contribution < -0.4 is 5.32 Å². The van der Waals surface area contributed by atoms with Gasteiger partial charge in [-0.2, -0.15) is 0 Å². The van der Waals surface area contributed by atoms with E-state index in [1.807, 2.05) is 27.7 Å². The van der Waals surface area contributed by atoms with Gasteiger partial charge in [0.15, 0.2) is 0 Å². The first kappa shape index (κ1) is 15.6. The van der Waals surface area contributed by atoms with Crippen molar-refractivity contribution in [2.45, 2.75) is 33.7 Å². The second kappa shape index (κ2) is 5.69. The molecular weight excluding hydrogens is 312 g/mol. The van der Waals surface area contributed by atoms with Gasteiger partial charge in [-0.05, 0) is 40.4 Å². The van der Waals surface area contributed by atoms with Crippen LogP contribution in [0.3, 0.4) is 0 Å². The Balaban J connectivity index is 2.95. The van der Waals surface area contributed by atoms with E-state index in [0.717, 1.165) is 0 Å². The number of nitro benzene ring substituents is 1. The predicted molar refractivity (Wildman–Crippen MR) is 77.2 cm³/mol. The van der Waals surface area contributed by atoms with Crippen LogP contribution in [0.1, 0.15) is 38.1 Å². The van der Waals surface area contributed by atoms with Crippen molar-refractivity contribution >= 4 is 27.5 Å². The summed E-state index contributed by atoms with van der Waals surface area (Å²) in [4.78, 5) is 22.3. The molecule has 1 N–H and O–H groups in total. The number of nitrogens with one attached hydrogen (secondary N) is 1. The fourth-order valence-electron chi connectivity index (χ4n) is 1.29. The number of nitro groups is 1. The largest absolute Gasteiger partial charge is 0.349 e. The topological polar surface area (TPSA) is 72.2 Å². The average Bonchev–Trinajstić information content (AvgIpc) is 2.27. The molecular formula is C13H17BrN2O3. The maximum atomic E-state index is 12.0. The minimum absolute atomic E-state index is 0.0392. The van der Waals surface area contributed by atoms with Gasteiger partial charge in [0.25, 0.3) is 11.6 Å². The number of rotatable bonds is 3. The smallest absolute Gasteiger partial charge is 0.284 e. The average molecular weight is 329 g/mol. The third-order valence-corrected chi connectivity index (χ3v) is 3.72. The monoisotopic (exact) mass is 328 g/mol. The van der Waals surface area contributed by atoms with E-state index in [1.54, 1.807) is 6.07 Å². The Morgan fingerprint density at radius 2 is 2.00 bits per heavy atom. The van der Waals surface area contributed by atoms with E-state index in [2.05, 4.69) is 21.2 Å². The lowest BCUT2D eigenvalue weighted by Gasteiger charge is -2.28. The van der Waals surface area contributed by atoms with Crippen LogP contribution in [0.5, 0.6) is 0 Å². The molecule has 1 rings (SSSR count). The Morgan fingerprint density at radius 3 is 2.47 bits per heavy atom. The van der Waals surface area contributed by atoms with Crippen molar-refractivity contribution in [2.75, 3.05) is 0 Å². The third kappa shape index (κ3) is 4.02. The summed E-state index contributed by atoms with van der Waals surface area (Å²) in [6.07, 6.45) is 0. The summed E-state index contributed by atoms with van der Waals surface area (Å²) in [5.74, 6) is -0.307. The number of hydrogen-bond donors (Lipinski definition) is 1. The molecule has 0 aliphatic carbocycles. The summed E-state index contributed by atoms with van der Waals surface area (Å²) in [5, 5.41) is 13.7. The second-order valence-electron chi connectivity index (χ2n) is 5.48. The molecule has 0 saturated heterocycles. The molecule has 104 valence electrons. The Hall–Kier alpha value is -1.43. The molecule has 0 aliphatic rings. The molecule has 5 nitrogen and oxygen atoms in total. The molecule has 1 amide bonds. The van der Waals surface area contributed by atoms with Crippen molar-refractivity contribution in [3.8, 4) is 0 Å². The number of carbonyl (C=O) groups excluding carboxylic acids is 1. The van der Waals surface area contributed by atoms with Crippen LogP contribution in [0.2, 0.25) is 0 Å². The van der Waals surface area contributed by atoms with Crippen molar-refractivity contribution in [2.24, 2.45) is 5.41 Å². The number of carbonyl (C=O) groups is 1. The molecule has 1 atom stereocenters. The molecule has 0 radical (unpaired) electrons. The van der Waals surface area contributed by atoms with Gasteiger partial charge in [-0.25, -0.2) is 0 Å². The summed E-state index contributed by atoms with van der Waals surface area (Å²) >= 11 is 3.09. The van der Waals surface area contributed by atoms with Crippen molar-refractivity contribution in [3.05, 3.63) is 38.3 Å². The van der Waals surface area contributed by atoms with Gasteiger partial charge in [-0.15, -0.1) is 0 Å². The zero-order chi connectivity index (χ0) is 14.8. The first-order valence-corrected chi connectivity index (χ1v) is 6.67. The van der Waals surface area contributed by atoms with Gasteiger partial charge >= 0.3 is 0 Å². The number of benzene rings is 1. The van der Waals surface area contributed by atoms with Crippen molar-refractivity contribution in [1.82, 2.24) is 5.32 Å². The number of halogens is 1. The highest BCUT2D eigenvalue weighted by Gasteiger charge is 2.23. The molecule has 0 bridgehead atoms. The van der Waals surface area contributed by atoms with Gasteiger partial charge in [0.2, 0.25) is 0 Å². The Labute approximate surface area is 120 Å². The van der Waals surface area contributed by atoms with Crippen LogP contribution in [-0.2, 0) is 0 Å². The normalized spacial score (nSPS) is 12.9. The number of hydrogen-bond acceptors (Lipinski definition) is 3. The second-order valence-corrected chi connectivity index (χ2v) is 6.34. The number of nitrogens with zero attached hydrogens (tertiary/aromatic N) is 1. The maximum absolute atomic E-state index is 12.0. The summed E-state index contributed by atoms with van der Waals surface area (Å²) in [6.45, 7) is 7.96. The van der Waals surface area contributed by atoms with E-state index in [4.69, 9.17) is 0 Å². The van der Waals surface area contributed by atoms with Crippen molar-refractivity contribution < 1.29 is 9.72 Å². The molecule has 0 saturated carbocycles. The van der Waals surface area contributed by atoms with Crippen LogP contribution >= 0.6 is 15.9 Å².